The third-order valence-corrected chi connectivity index (χ3v) is 12.4. The molecule has 1 aliphatic carbocycles. The van der Waals surface area contributed by atoms with Crippen molar-refractivity contribution in [3.05, 3.63) is 87.7 Å². The molecular weight excluding hydrogens is 697 g/mol. The van der Waals surface area contributed by atoms with E-state index in [1.807, 2.05) is 6.07 Å². The molecule has 3 aromatic rings. The molecule has 48 heavy (non-hydrogen) atoms. The van der Waals surface area contributed by atoms with E-state index >= 15 is 0 Å². The Morgan fingerprint density at radius 2 is 1.73 bits per heavy atom. The topological polar surface area (TPSA) is 170 Å². The standard InChI is InChI=1S/C33H33Cl2N5O6S2/c34-26-17-37-18-27(35)30(26)32(42)38-22-11-9-20(10-12-22)14-28(33(43)44)39-31(41)29-15-24(47-23-6-2-1-3-7-23)19-40(29)48(45,46)25-8-4-5-21(13-25)16-36/h4-5,8-13,17-18,23-24,28-29H,1-3,6-7,14-15,19H2,(H,38,42)(H,39,41)(H,43,44)/t24-,28+,29+/m1/s1. The van der Waals surface area contributed by atoms with Gasteiger partial charge in [-0.3, -0.25) is 14.6 Å². The molecule has 1 aliphatic heterocycles. The lowest BCUT2D eigenvalue weighted by atomic mass is 10.0. The zero-order valence-electron chi connectivity index (χ0n) is 25.6. The number of hydrogen-bond acceptors (Lipinski definition) is 8. The number of nitrogens with zero attached hydrogens (tertiary/aromatic N) is 3. The predicted molar refractivity (Wildman–Crippen MR) is 184 cm³/mol. The zero-order valence-corrected chi connectivity index (χ0v) is 28.8. The number of sulfonamides is 1. The summed E-state index contributed by atoms with van der Waals surface area (Å²) in [4.78, 5) is 42.5. The molecule has 2 aliphatic rings. The molecule has 3 atom stereocenters. The predicted octanol–water partition coefficient (Wildman–Crippen LogP) is 5.52. The molecular formula is C33H33Cl2N5O6S2. The minimum Gasteiger partial charge on any atom is -0.480 e. The van der Waals surface area contributed by atoms with Gasteiger partial charge in [-0.1, -0.05) is 60.7 Å². The second kappa shape index (κ2) is 15.7. The number of carboxylic acid groups (broad SMARTS) is 1. The minimum atomic E-state index is -4.19. The normalized spacial score (nSPS) is 19.3. The molecule has 11 nitrogen and oxygen atoms in total. The van der Waals surface area contributed by atoms with Crippen LogP contribution in [0.3, 0.4) is 0 Å². The average molecular weight is 731 g/mol. The van der Waals surface area contributed by atoms with Crippen molar-refractivity contribution in [3.8, 4) is 6.07 Å². The van der Waals surface area contributed by atoms with Crippen LogP contribution in [-0.2, 0) is 26.0 Å². The third-order valence-electron chi connectivity index (χ3n) is 8.37. The largest absolute Gasteiger partial charge is 0.480 e. The maximum Gasteiger partial charge on any atom is 0.326 e. The summed E-state index contributed by atoms with van der Waals surface area (Å²) >= 11 is 13.8. The number of halogens is 2. The Morgan fingerprint density at radius 1 is 1.04 bits per heavy atom. The number of pyridine rings is 1. The molecule has 5 rings (SSSR count). The quantitative estimate of drug-likeness (QED) is 0.230. The summed E-state index contributed by atoms with van der Waals surface area (Å²) in [6, 6.07) is 11.5. The van der Waals surface area contributed by atoms with E-state index in [0.29, 0.717) is 16.5 Å². The van der Waals surface area contributed by atoms with Crippen LogP contribution in [0.4, 0.5) is 5.69 Å². The van der Waals surface area contributed by atoms with Crippen molar-refractivity contribution in [2.45, 2.75) is 72.4 Å². The van der Waals surface area contributed by atoms with Gasteiger partial charge in [-0.05, 0) is 55.2 Å². The van der Waals surface area contributed by atoms with Gasteiger partial charge in [-0.2, -0.15) is 21.3 Å². The summed E-state index contributed by atoms with van der Waals surface area (Å²) in [6.45, 7) is 0.0964. The van der Waals surface area contributed by atoms with E-state index in [1.54, 1.807) is 36.0 Å². The van der Waals surface area contributed by atoms with Crippen LogP contribution >= 0.6 is 35.0 Å². The van der Waals surface area contributed by atoms with E-state index in [4.69, 9.17) is 23.2 Å². The van der Waals surface area contributed by atoms with E-state index in [9.17, 15) is 33.2 Å². The Kier molecular flexibility index (Phi) is 11.7. The summed E-state index contributed by atoms with van der Waals surface area (Å²) < 4.78 is 28.9. The molecule has 15 heteroatoms. The van der Waals surface area contributed by atoms with Crippen LogP contribution in [0.1, 0.15) is 60.0 Å². The lowest BCUT2D eigenvalue weighted by Gasteiger charge is -2.25. The van der Waals surface area contributed by atoms with Crippen molar-refractivity contribution in [1.29, 1.82) is 5.26 Å². The first-order chi connectivity index (χ1) is 23.0. The van der Waals surface area contributed by atoms with E-state index in [0.717, 1.165) is 30.0 Å². The molecule has 2 aromatic carbocycles. The monoisotopic (exact) mass is 729 g/mol. The Morgan fingerprint density at radius 3 is 2.38 bits per heavy atom. The van der Waals surface area contributed by atoms with Crippen LogP contribution in [0.2, 0.25) is 10.0 Å². The van der Waals surface area contributed by atoms with Gasteiger partial charge < -0.3 is 15.7 Å². The fourth-order valence-electron chi connectivity index (χ4n) is 5.96. The Labute approximate surface area is 293 Å². The van der Waals surface area contributed by atoms with Gasteiger partial charge in [-0.25, -0.2) is 13.2 Å². The molecule has 2 heterocycles. The van der Waals surface area contributed by atoms with Crippen molar-refractivity contribution in [1.82, 2.24) is 14.6 Å². The Balaban J connectivity index is 1.30. The van der Waals surface area contributed by atoms with Crippen LogP contribution < -0.4 is 10.6 Å². The molecule has 1 aromatic heterocycles. The van der Waals surface area contributed by atoms with Gasteiger partial charge in [0.2, 0.25) is 15.9 Å². The summed E-state index contributed by atoms with van der Waals surface area (Å²) in [7, 11) is -4.19. The molecule has 1 saturated carbocycles. The van der Waals surface area contributed by atoms with Gasteiger partial charge in [0.1, 0.15) is 12.1 Å². The van der Waals surface area contributed by atoms with Crippen molar-refractivity contribution >= 4 is 68.5 Å². The first-order valence-corrected chi connectivity index (χ1v) is 18.5. The first kappa shape index (κ1) is 35.6. The second-order valence-electron chi connectivity index (χ2n) is 11.7. The van der Waals surface area contributed by atoms with E-state index in [-0.39, 0.29) is 50.7 Å². The number of carboxylic acids is 1. The molecule has 1 saturated heterocycles. The number of nitrogens with one attached hydrogen (secondary N) is 2. The van der Waals surface area contributed by atoms with Gasteiger partial charge >= 0.3 is 5.97 Å². The molecule has 0 bridgehead atoms. The second-order valence-corrected chi connectivity index (χ2v) is 16.0. The number of rotatable bonds is 11. The Hall–Kier alpha value is -3.67. The molecule has 3 N–H and O–H groups in total. The molecule has 252 valence electrons. The highest BCUT2D eigenvalue weighted by molar-refractivity contribution is 8.00. The van der Waals surface area contributed by atoms with E-state index in [2.05, 4.69) is 15.6 Å². The average Bonchev–Trinajstić information content (AvgIpc) is 3.50. The summed E-state index contributed by atoms with van der Waals surface area (Å²) in [5.41, 5.74) is 1.19. The molecule has 0 spiro atoms. The number of carbonyl (C=O) groups is 3. The number of carbonyl (C=O) groups excluding carboxylic acids is 2. The molecule has 0 radical (unpaired) electrons. The third kappa shape index (κ3) is 8.48. The van der Waals surface area contributed by atoms with E-state index in [1.165, 1.54) is 43.1 Å². The SMILES string of the molecule is N#Cc1cccc(S(=O)(=O)N2C[C@H](SC3CCCCC3)C[C@H]2C(=O)N[C@@H](Cc2ccc(NC(=O)c3c(Cl)cncc3Cl)cc2)C(=O)O)c1. The molecule has 0 unspecified atom stereocenters. The summed E-state index contributed by atoms with van der Waals surface area (Å²) in [6.07, 6.45) is 8.19. The van der Waals surface area contributed by atoms with Crippen molar-refractivity contribution in [3.63, 3.8) is 0 Å². The van der Waals surface area contributed by atoms with Crippen molar-refractivity contribution in [2.24, 2.45) is 0 Å². The van der Waals surface area contributed by atoms with Crippen LogP contribution in [0.15, 0.2) is 65.8 Å². The Bertz CT molecular complexity index is 1810. The van der Waals surface area contributed by atoms with Gasteiger partial charge in [0.05, 0.1) is 32.1 Å². The fourth-order valence-corrected chi connectivity index (χ4v) is 9.97. The number of benzene rings is 2. The maximum absolute atomic E-state index is 13.9. The van der Waals surface area contributed by atoms with Gasteiger partial charge in [0.25, 0.3) is 5.91 Å². The number of amides is 2. The number of nitriles is 1. The van der Waals surface area contributed by atoms with Crippen LogP contribution in [0.5, 0.6) is 0 Å². The fraction of sp³-hybridized carbons (Fsp3) is 0.364. The highest BCUT2D eigenvalue weighted by Crippen LogP contribution is 2.38. The number of aromatic nitrogens is 1. The van der Waals surface area contributed by atoms with Crippen molar-refractivity contribution in [2.75, 3.05) is 11.9 Å². The van der Waals surface area contributed by atoms with Gasteiger partial charge in [-0.15, -0.1) is 0 Å². The zero-order chi connectivity index (χ0) is 34.4. The maximum atomic E-state index is 13.9. The lowest BCUT2D eigenvalue weighted by Crippen LogP contribution is -2.51. The highest BCUT2D eigenvalue weighted by atomic mass is 35.5. The highest BCUT2D eigenvalue weighted by Gasteiger charge is 2.45. The number of anilines is 1. The number of aliphatic carboxylic acids is 1. The number of thioether (sulfide) groups is 1. The van der Waals surface area contributed by atoms with Gasteiger partial charge in [0, 0.05) is 41.5 Å². The molecule has 2 amide bonds. The minimum absolute atomic E-state index is 0.0613. The summed E-state index contributed by atoms with van der Waals surface area (Å²) in [5.74, 6) is -2.54. The summed E-state index contributed by atoms with van der Waals surface area (Å²) in [5, 5.41) is 25.0. The lowest BCUT2D eigenvalue weighted by molar-refractivity contribution is -0.142. The smallest absolute Gasteiger partial charge is 0.326 e. The van der Waals surface area contributed by atoms with Crippen molar-refractivity contribution < 1.29 is 27.9 Å². The van der Waals surface area contributed by atoms with Gasteiger partial charge in [0.15, 0.2) is 0 Å². The van der Waals surface area contributed by atoms with E-state index < -0.39 is 39.9 Å². The van der Waals surface area contributed by atoms with Crippen LogP contribution in [0, 0.1) is 11.3 Å². The number of hydrogen-bond donors (Lipinski definition) is 3. The first-order valence-electron chi connectivity index (χ1n) is 15.4. The van der Waals surface area contributed by atoms with Crippen LogP contribution in [-0.4, -0.2) is 69.7 Å². The molecule has 2 fully saturated rings. The van der Waals surface area contributed by atoms with Crippen LogP contribution in [0.25, 0.3) is 0 Å².